The Morgan fingerprint density at radius 3 is 2.46 bits per heavy atom. The molecule has 3 rings (SSSR count). The van der Waals surface area contributed by atoms with Crippen LogP contribution < -0.4 is 5.32 Å². The molecule has 1 aromatic carbocycles. The number of nitrogens with zero attached hydrogens (tertiary/aromatic N) is 2. The van der Waals surface area contributed by atoms with E-state index in [1.54, 1.807) is 13.8 Å². The van der Waals surface area contributed by atoms with Crippen molar-refractivity contribution in [1.82, 2.24) is 15.0 Å². The highest BCUT2D eigenvalue weighted by molar-refractivity contribution is 7.90. The Hall–Kier alpha value is -2.52. The fourth-order valence-corrected chi connectivity index (χ4v) is 3.80. The van der Waals surface area contributed by atoms with Crippen LogP contribution in [0.5, 0.6) is 0 Å². The molecule has 0 radical (unpaired) electrons. The first-order chi connectivity index (χ1) is 13.1. The first kappa shape index (κ1) is 20.2. The molecule has 2 N–H and O–H groups in total. The van der Waals surface area contributed by atoms with Crippen molar-refractivity contribution < 1.29 is 17.2 Å². The Bertz CT molecular complexity index is 1150. The average Bonchev–Trinajstić information content (AvgIpc) is 2.99. The zero-order valence-corrected chi connectivity index (χ0v) is 16.8. The number of halogens is 3. The summed E-state index contributed by atoms with van der Waals surface area (Å²) in [5.74, 6) is -1.07. The van der Waals surface area contributed by atoms with E-state index < -0.39 is 27.5 Å². The van der Waals surface area contributed by atoms with Gasteiger partial charge in [0.15, 0.2) is 26.5 Å². The SMILES string of the molecule is Cc1cnc(N[C@H](c2ccc(F)c(Cl)c2)c2nc(S(C)(=O)=O)c(C)[nH]2)c(F)c1. The molecule has 3 aromatic rings. The third-order valence-corrected chi connectivity index (χ3v) is 5.41. The largest absolute Gasteiger partial charge is 0.354 e. The second-order valence-corrected chi connectivity index (χ2v) is 8.76. The number of aromatic amines is 1. The number of aryl methyl sites for hydroxylation is 2. The molecule has 0 aliphatic heterocycles. The van der Waals surface area contributed by atoms with Gasteiger partial charge in [-0.05, 0) is 43.2 Å². The lowest BCUT2D eigenvalue weighted by molar-refractivity contribution is 0.597. The maximum Gasteiger partial charge on any atom is 0.194 e. The third-order valence-electron chi connectivity index (χ3n) is 4.02. The molecular formula is C18H17ClF2N4O2S. The highest BCUT2D eigenvalue weighted by atomic mass is 35.5. The van der Waals surface area contributed by atoms with Crippen molar-refractivity contribution in [1.29, 1.82) is 0 Å². The van der Waals surface area contributed by atoms with Gasteiger partial charge in [-0.15, -0.1) is 0 Å². The molecule has 10 heteroatoms. The number of anilines is 1. The number of imidazole rings is 1. The fourth-order valence-electron chi connectivity index (χ4n) is 2.74. The summed E-state index contributed by atoms with van der Waals surface area (Å²) in [6.45, 7) is 3.26. The molecule has 0 spiro atoms. The zero-order chi connectivity index (χ0) is 20.6. The quantitative estimate of drug-likeness (QED) is 0.644. The second-order valence-electron chi connectivity index (χ2n) is 6.42. The minimum absolute atomic E-state index is 0.0639. The molecule has 0 saturated carbocycles. The van der Waals surface area contributed by atoms with Crippen LogP contribution in [0.1, 0.15) is 28.7 Å². The van der Waals surface area contributed by atoms with Gasteiger partial charge in [-0.2, -0.15) is 0 Å². The minimum atomic E-state index is -3.58. The average molecular weight is 427 g/mol. The summed E-state index contributed by atoms with van der Waals surface area (Å²) < 4.78 is 51.8. The number of hydrogen-bond acceptors (Lipinski definition) is 5. The van der Waals surface area contributed by atoms with Crippen molar-refractivity contribution in [2.75, 3.05) is 11.6 Å². The van der Waals surface area contributed by atoms with Crippen LogP contribution in [0.25, 0.3) is 0 Å². The van der Waals surface area contributed by atoms with Crippen LogP contribution in [0, 0.1) is 25.5 Å². The lowest BCUT2D eigenvalue weighted by atomic mass is 10.1. The molecule has 0 unspecified atom stereocenters. The summed E-state index contributed by atoms with van der Waals surface area (Å²) in [5.41, 5.74) is 1.41. The van der Waals surface area contributed by atoms with E-state index in [-0.39, 0.29) is 21.7 Å². The van der Waals surface area contributed by atoms with E-state index in [2.05, 4.69) is 20.3 Å². The smallest absolute Gasteiger partial charge is 0.194 e. The van der Waals surface area contributed by atoms with E-state index in [1.165, 1.54) is 30.5 Å². The summed E-state index contributed by atoms with van der Waals surface area (Å²) in [4.78, 5) is 11.1. The van der Waals surface area contributed by atoms with Crippen LogP contribution in [-0.2, 0) is 9.84 Å². The molecule has 0 fully saturated rings. The molecule has 6 nitrogen and oxygen atoms in total. The van der Waals surface area contributed by atoms with E-state index in [9.17, 15) is 17.2 Å². The molecule has 0 aliphatic carbocycles. The van der Waals surface area contributed by atoms with Crippen LogP contribution >= 0.6 is 11.6 Å². The Morgan fingerprint density at radius 1 is 1.18 bits per heavy atom. The van der Waals surface area contributed by atoms with Gasteiger partial charge >= 0.3 is 0 Å². The fraction of sp³-hybridized carbons (Fsp3) is 0.222. The molecule has 0 saturated heterocycles. The maximum absolute atomic E-state index is 14.3. The van der Waals surface area contributed by atoms with Gasteiger partial charge in [0.25, 0.3) is 0 Å². The number of hydrogen-bond donors (Lipinski definition) is 2. The Labute approximate surface area is 165 Å². The first-order valence-electron chi connectivity index (χ1n) is 8.16. The van der Waals surface area contributed by atoms with Crippen LogP contribution in [0.15, 0.2) is 35.5 Å². The van der Waals surface area contributed by atoms with Crippen LogP contribution in [0.2, 0.25) is 5.02 Å². The zero-order valence-electron chi connectivity index (χ0n) is 15.2. The normalized spacial score (nSPS) is 12.8. The Morgan fingerprint density at radius 2 is 1.89 bits per heavy atom. The number of H-pyrrole nitrogens is 1. The van der Waals surface area contributed by atoms with Crippen molar-refractivity contribution in [3.05, 3.63) is 69.8 Å². The molecule has 0 bridgehead atoms. The molecule has 1 atom stereocenters. The highest BCUT2D eigenvalue weighted by Gasteiger charge is 2.25. The predicted molar refractivity (Wildman–Crippen MR) is 102 cm³/mol. The standard InChI is InChI=1S/C18H17ClF2N4O2S/c1-9-6-14(21)16(22-8-9)24-15(11-4-5-13(20)12(19)7-11)17-23-10(2)18(25-17)28(3,26)27/h4-8,15H,1-3H3,(H,22,24)(H,23,25)/t15-/m1/s1. The van der Waals surface area contributed by atoms with Crippen LogP contribution in [0.3, 0.4) is 0 Å². The molecule has 2 heterocycles. The lowest BCUT2D eigenvalue weighted by Crippen LogP contribution is -2.16. The molecule has 148 valence electrons. The first-order valence-corrected chi connectivity index (χ1v) is 10.4. The number of nitrogens with one attached hydrogen (secondary N) is 2. The van der Waals surface area contributed by atoms with E-state index in [1.807, 2.05) is 0 Å². The molecular weight excluding hydrogens is 410 g/mol. The van der Waals surface area contributed by atoms with Crippen molar-refractivity contribution in [3.63, 3.8) is 0 Å². The van der Waals surface area contributed by atoms with Gasteiger partial charge in [-0.1, -0.05) is 17.7 Å². The van der Waals surface area contributed by atoms with Crippen molar-refractivity contribution in [3.8, 4) is 0 Å². The number of sulfone groups is 1. The van der Waals surface area contributed by atoms with E-state index in [0.717, 1.165) is 6.26 Å². The van der Waals surface area contributed by atoms with Gasteiger partial charge < -0.3 is 10.3 Å². The summed E-state index contributed by atoms with van der Waals surface area (Å²) in [6, 6.07) is 4.43. The van der Waals surface area contributed by atoms with Gasteiger partial charge in [-0.3, -0.25) is 0 Å². The van der Waals surface area contributed by atoms with E-state index in [4.69, 9.17) is 11.6 Å². The summed E-state index contributed by atoms with van der Waals surface area (Å²) in [7, 11) is -3.58. The monoisotopic (exact) mass is 426 g/mol. The number of rotatable bonds is 5. The number of pyridine rings is 1. The number of aromatic nitrogens is 3. The lowest BCUT2D eigenvalue weighted by Gasteiger charge is -2.19. The van der Waals surface area contributed by atoms with Crippen molar-refractivity contribution >= 4 is 27.3 Å². The predicted octanol–water partition coefficient (Wildman–Crippen LogP) is 3.96. The maximum atomic E-state index is 14.3. The Kier molecular flexibility index (Phi) is 5.40. The highest BCUT2D eigenvalue weighted by Crippen LogP contribution is 2.29. The van der Waals surface area contributed by atoms with Gasteiger partial charge in [0, 0.05) is 12.5 Å². The molecule has 28 heavy (non-hydrogen) atoms. The van der Waals surface area contributed by atoms with Gasteiger partial charge in [0.1, 0.15) is 17.7 Å². The molecule has 0 aliphatic rings. The Balaban J connectivity index is 2.13. The van der Waals surface area contributed by atoms with Crippen molar-refractivity contribution in [2.24, 2.45) is 0 Å². The van der Waals surface area contributed by atoms with Gasteiger partial charge in [-0.25, -0.2) is 27.2 Å². The van der Waals surface area contributed by atoms with E-state index >= 15 is 0 Å². The van der Waals surface area contributed by atoms with Gasteiger partial charge in [0.2, 0.25) is 0 Å². The number of benzene rings is 1. The second kappa shape index (κ2) is 7.48. The van der Waals surface area contributed by atoms with Crippen molar-refractivity contribution in [2.45, 2.75) is 24.9 Å². The summed E-state index contributed by atoms with van der Waals surface area (Å²) in [5, 5.41) is 2.63. The van der Waals surface area contributed by atoms with Crippen LogP contribution in [-0.4, -0.2) is 29.6 Å². The minimum Gasteiger partial charge on any atom is -0.354 e. The third kappa shape index (κ3) is 4.15. The van der Waals surface area contributed by atoms with Crippen LogP contribution in [0.4, 0.5) is 14.6 Å². The topological polar surface area (TPSA) is 87.7 Å². The summed E-state index contributed by atoms with van der Waals surface area (Å²) >= 11 is 5.89. The molecule has 2 aromatic heterocycles. The molecule has 0 amide bonds. The van der Waals surface area contributed by atoms with E-state index in [0.29, 0.717) is 16.8 Å². The van der Waals surface area contributed by atoms with Gasteiger partial charge in [0.05, 0.1) is 10.7 Å². The summed E-state index contributed by atoms with van der Waals surface area (Å²) in [6.07, 6.45) is 2.52.